The quantitative estimate of drug-likeness (QED) is 0.781. The molecule has 96 valence electrons. The molecule has 0 saturated carbocycles. The van der Waals surface area contributed by atoms with Gasteiger partial charge in [0.15, 0.2) is 5.69 Å². The predicted molar refractivity (Wildman–Crippen MR) is 70.2 cm³/mol. The van der Waals surface area contributed by atoms with E-state index in [4.69, 9.17) is 5.26 Å². The molecule has 5 nitrogen and oxygen atoms in total. The van der Waals surface area contributed by atoms with E-state index in [-0.39, 0.29) is 0 Å². The van der Waals surface area contributed by atoms with E-state index in [0.717, 1.165) is 25.3 Å². The minimum absolute atomic E-state index is 0.364. The zero-order valence-corrected chi connectivity index (χ0v) is 11.2. The van der Waals surface area contributed by atoms with Crippen molar-refractivity contribution in [2.45, 2.75) is 19.4 Å². The van der Waals surface area contributed by atoms with Gasteiger partial charge in [0.1, 0.15) is 11.9 Å². The number of nitriles is 1. The van der Waals surface area contributed by atoms with Crippen molar-refractivity contribution in [1.82, 2.24) is 14.9 Å². The Morgan fingerprint density at radius 1 is 1.44 bits per heavy atom. The van der Waals surface area contributed by atoms with E-state index in [1.807, 2.05) is 6.07 Å². The van der Waals surface area contributed by atoms with E-state index in [0.29, 0.717) is 17.7 Å². The third-order valence-corrected chi connectivity index (χ3v) is 3.67. The summed E-state index contributed by atoms with van der Waals surface area (Å²) < 4.78 is 0. The highest BCUT2D eigenvalue weighted by Crippen LogP contribution is 2.23. The summed E-state index contributed by atoms with van der Waals surface area (Å²) in [5, 5.41) is 8.72. The van der Waals surface area contributed by atoms with Gasteiger partial charge < -0.3 is 9.80 Å². The van der Waals surface area contributed by atoms with Crippen LogP contribution in [0.25, 0.3) is 0 Å². The summed E-state index contributed by atoms with van der Waals surface area (Å²) >= 11 is 0. The fraction of sp³-hybridized carbons (Fsp3) is 0.615. The molecule has 0 aliphatic carbocycles. The summed E-state index contributed by atoms with van der Waals surface area (Å²) in [5.41, 5.74) is 0.364. The minimum atomic E-state index is 0.364. The van der Waals surface area contributed by atoms with E-state index < -0.39 is 0 Å². The number of rotatable bonds is 2. The summed E-state index contributed by atoms with van der Waals surface area (Å²) in [5.74, 6) is 1.45. The standard InChI is InChI=1S/C13H19N5/c1-10-9-17(2)5-4-12(10)18(3)13-8-15-11(6-14)7-16-13/h7-8,10,12H,4-5,9H2,1-3H3. The third kappa shape index (κ3) is 2.59. The van der Waals surface area contributed by atoms with Gasteiger partial charge in [-0.25, -0.2) is 9.97 Å². The van der Waals surface area contributed by atoms with Gasteiger partial charge in [-0.1, -0.05) is 6.92 Å². The molecule has 2 unspecified atom stereocenters. The van der Waals surface area contributed by atoms with Crippen LogP contribution in [-0.2, 0) is 0 Å². The maximum Gasteiger partial charge on any atom is 0.158 e. The number of nitrogens with zero attached hydrogens (tertiary/aromatic N) is 5. The van der Waals surface area contributed by atoms with Crippen molar-refractivity contribution in [2.24, 2.45) is 5.92 Å². The minimum Gasteiger partial charge on any atom is -0.355 e. The van der Waals surface area contributed by atoms with Crippen LogP contribution >= 0.6 is 0 Å². The van der Waals surface area contributed by atoms with Crippen molar-refractivity contribution in [1.29, 1.82) is 5.26 Å². The summed E-state index contributed by atoms with van der Waals surface area (Å²) in [6.07, 6.45) is 4.35. The molecule has 2 rings (SSSR count). The molecule has 1 aliphatic rings. The van der Waals surface area contributed by atoms with Gasteiger partial charge in [-0.2, -0.15) is 5.26 Å². The van der Waals surface area contributed by atoms with E-state index >= 15 is 0 Å². The highest BCUT2D eigenvalue weighted by atomic mass is 15.2. The average Bonchev–Trinajstić information content (AvgIpc) is 2.38. The van der Waals surface area contributed by atoms with Gasteiger partial charge in [-0.15, -0.1) is 0 Å². The predicted octanol–water partition coefficient (Wildman–Crippen LogP) is 1.12. The van der Waals surface area contributed by atoms with E-state index in [2.05, 4.69) is 40.8 Å². The lowest BCUT2D eigenvalue weighted by Gasteiger charge is -2.40. The summed E-state index contributed by atoms with van der Waals surface area (Å²) in [6, 6.07) is 2.48. The van der Waals surface area contributed by atoms with Crippen LogP contribution in [0.2, 0.25) is 0 Å². The highest BCUT2D eigenvalue weighted by Gasteiger charge is 2.28. The van der Waals surface area contributed by atoms with Gasteiger partial charge in [-0.3, -0.25) is 0 Å². The summed E-state index contributed by atoms with van der Waals surface area (Å²) in [4.78, 5) is 12.9. The van der Waals surface area contributed by atoms with Gasteiger partial charge in [-0.05, 0) is 25.9 Å². The van der Waals surface area contributed by atoms with Crippen molar-refractivity contribution in [2.75, 3.05) is 32.1 Å². The average molecular weight is 245 g/mol. The van der Waals surface area contributed by atoms with E-state index in [1.165, 1.54) is 6.20 Å². The number of likely N-dealkylation sites (tertiary alicyclic amines) is 1. The Morgan fingerprint density at radius 2 is 2.22 bits per heavy atom. The Morgan fingerprint density at radius 3 is 2.78 bits per heavy atom. The molecular formula is C13H19N5. The number of hydrogen-bond donors (Lipinski definition) is 0. The second kappa shape index (κ2) is 5.32. The fourth-order valence-corrected chi connectivity index (χ4v) is 2.65. The van der Waals surface area contributed by atoms with Gasteiger partial charge in [0.05, 0.1) is 12.4 Å². The third-order valence-electron chi connectivity index (χ3n) is 3.67. The molecule has 1 aliphatic heterocycles. The van der Waals surface area contributed by atoms with Gasteiger partial charge in [0.2, 0.25) is 0 Å². The molecule has 2 heterocycles. The van der Waals surface area contributed by atoms with Crippen LogP contribution in [0.15, 0.2) is 12.4 Å². The molecule has 0 bridgehead atoms. The zero-order chi connectivity index (χ0) is 13.1. The first-order valence-electron chi connectivity index (χ1n) is 6.25. The molecule has 0 amide bonds. The zero-order valence-electron chi connectivity index (χ0n) is 11.2. The second-order valence-corrected chi connectivity index (χ2v) is 5.08. The van der Waals surface area contributed by atoms with Crippen molar-refractivity contribution < 1.29 is 0 Å². The van der Waals surface area contributed by atoms with E-state index in [1.54, 1.807) is 6.20 Å². The summed E-state index contributed by atoms with van der Waals surface area (Å²) in [6.45, 7) is 4.50. The monoisotopic (exact) mass is 245 g/mol. The molecule has 1 aromatic rings. The fourth-order valence-electron chi connectivity index (χ4n) is 2.65. The second-order valence-electron chi connectivity index (χ2n) is 5.08. The molecule has 0 aromatic carbocycles. The first-order chi connectivity index (χ1) is 8.61. The largest absolute Gasteiger partial charge is 0.355 e. The van der Waals surface area contributed by atoms with Gasteiger partial charge in [0.25, 0.3) is 0 Å². The van der Waals surface area contributed by atoms with Crippen LogP contribution in [0.3, 0.4) is 0 Å². The Kier molecular flexibility index (Phi) is 3.78. The normalized spacial score (nSPS) is 24.6. The molecule has 1 fully saturated rings. The maximum atomic E-state index is 8.72. The first kappa shape index (κ1) is 12.8. The molecule has 1 saturated heterocycles. The Bertz CT molecular complexity index is 436. The van der Waals surface area contributed by atoms with Crippen molar-refractivity contribution >= 4 is 5.82 Å². The smallest absolute Gasteiger partial charge is 0.158 e. The molecule has 0 radical (unpaired) electrons. The molecule has 1 aromatic heterocycles. The molecule has 18 heavy (non-hydrogen) atoms. The maximum absolute atomic E-state index is 8.72. The molecule has 0 N–H and O–H groups in total. The van der Waals surface area contributed by atoms with Crippen LogP contribution in [0, 0.1) is 17.2 Å². The number of hydrogen-bond acceptors (Lipinski definition) is 5. The highest BCUT2D eigenvalue weighted by molar-refractivity contribution is 5.37. The van der Waals surface area contributed by atoms with Crippen LogP contribution in [-0.4, -0.2) is 48.1 Å². The van der Waals surface area contributed by atoms with Crippen LogP contribution in [0.5, 0.6) is 0 Å². The number of aromatic nitrogens is 2. The first-order valence-corrected chi connectivity index (χ1v) is 6.25. The number of anilines is 1. The van der Waals surface area contributed by atoms with Crippen LogP contribution in [0.4, 0.5) is 5.82 Å². The molecule has 5 heteroatoms. The Hall–Kier alpha value is -1.67. The lowest BCUT2D eigenvalue weighted by molar-refractivity contribution is 0.193. The Labute approximate surface area is 108 Å². The Balaban J connectivity index is 2.10. The SMILES string of the molecule is CC1CN(C)CCC1N(C)c1cnc(C#N)cn1. The topological polar surface area (TPSA) is 56.0 Å². The van der Waals surface area contributed by atoms with Gasteiger partial charge in [0, 0.05) is 19.6 Å². The van der Waals surface area contributed by atoms with Crippen molar-refractivity contribution in [3.05, 3.63) is 18.1 Å². The number of piperidine rings is 1. The molecular weight excluding hydrogens is 226 g/mol. The molecule has 2 atom stereocenters. The lowest BCUT2D eigenvalue weighted by Crippen LogP contribution is -2.48. The summed E-state index contributed by atoms with van der Waals surface area (Å²) in [7, 11) is 4.22. The van der Waals surface area contributed by atoms with Crippen molar-refractivity contribution in [3.63, 3.8) is 0 Å². The van der Waals surface area contributed by atoms with Gasteiger partial charge >= 0.3 is 0 Å². The van der Waals surface area contributed by atoms with E-state index in [9.17, 15) is 0 Å². The van der Waals surface area contributed by atoms with Crippen molar-refractivity contribution in [3.8, 4) is 6.07 Å². The molecule has 0 spiro atoms. The van der Waals surface area contributed by atoms with Crippen LogP contribution in [0.1, 0.15) is 19.0 Å². The lowest BCUT2D eigenvalue weighted by atomic mass is 9.93. The van der Waals surface area contributed by atoms with Crippen LogP contribution < -0.4 is 4.90 Å².